The number of ether oxygens (including phenoxy) is 2. The number of methoxy groups -OCH3 is 2. The first-order chi connectivity index (χ1) is 14.0. The van der Waals surface area contributed by atoms with Crippen LogP contribution >= 0.6 is 0 Å². The van der Waals surface area contributed by atoms with Crippen molar-refractivity contribution in [1.82, 2.24) is 0 Å². The molecule has 2 aromatic carbocycles. The fourth-order valence-electron chi connectivity index (χ4n) is 3.32. The Morgan fingerprint density at radius 1 is 1.14 bits per heavy atom. The number of nitrogens with one attached hydrogen (secondary N) is 1. The van der Waals surface area contributed by atoms with Gasteiger partial charge >= 0.3 is 5.97 Å². The number of rotatable bonds is 6. The largest absolute Gasteiger partial charge is 0.497 e. The SMILES string of the molecule is CCc1ccc(N2CC(C(=O)Nc3ccc(OC)cc3C(=O)OC)CC2=O)cc1. The fourth-order valence-corrected chi connectivity index (χ4v) is 3.32. The van der Waals surface area contributed by atoms with Gasteiger partial charge in [0.2, 0.25) is 11.8 Å². The van der Waals surface area contributed by atoms with Crippen LogP contribution in [0.5, 0.6) is 5.75 Å². The smallest absolute Gasteiger partial charge is 0.340 e. The van der Waals surface area contributed by atoms with Crippen molar-refractivity contribution in [2.75, 3.05) is 31.0 Å². The van der Waals surface area contributed by atoms with Crippen molar-refractivity contribution in [3.05, 3.63) is 53.6 Å². The third-order valence-electron chi connectivity index (χ3n) is 5.04. The van der Waals surface area contributed by atoms with Crippen LogP contribution in [0, 0.1) is 5.92 Å². The molecule has 1 saturated heterocycles. The van der Waals surface area contributed by atoms with E-state index in [2.05, 4.69) is 12.2 Å². The lowest BCUT2D eigenvalue weighted by Crippen LogP contribution is -2.28. The van der Waals surface area contributed by atoms with E-state index >= 15 is 0 Å². The van der Waals surface area contributed by atoms with Crippen molar-refractivity contribution in [3.8, 4) is 5.75 Å². The number of aryl methyl sites for hydroxylation is 1. The van der Waals surface area contributed by atoms with Gasteiger partial charge in [-0.1, -0.05) is 19.1 Å². The highest BCUT2D eigenvalue weighted by Crippen LogP contribution is 2.28. The molecule has 1 aliphatic rings. The Labute approximate surface area is 169 Å². The molecule has 0 aromatic heterocycles. The molecule has 1 unspecified atom stereocenters. The highest BCUT2D eigenvalue weighted by molar-refractivity contribution is 6.06. The number of anilines is 2. The molecule has 7 nitrogen and oxygen atoms in total. The second-order valence-electron chi connectivity index (χ2n) is 6.82. The lowest BCUT2D eigenvalue weighted by Gasteiger charge is -2.17. The molecule has 0 spiro atoms. The van der Waals surface area contributed by atoms with Gasteiger partial charge in [0.25, 0.3) is 0 Å². The Kier molecular flexibility index (Phi) is 6.16. The molecular formula is C22H24N2O5. The predicted octanol–water partition coefficient (Wildman–Crippen LogP) is 3.04. The maximum Gasteiger partial charge on any atom is 0.340 e. The highest BCUT2D eigenvalue weighted by Gasteiger charge is 2.35. The van der Waals surface area contributed by atoms with E-state index in [1.807, 2.05) is 24.3 Å². The van der Waals surface area contributed by atoms with E-state index < -0.39 is 11.9 Å². The van der Waals surface area contributed by atoms with Gasteiger partial charge < -0.3 is 19.7 Å². The van der Waals surface area contributed by atoms with Crippen LogP contribution < -0.4 is 15.0 Å². The number of hydrogen-bond donors (Lipinski definition) is 1. The van der Waals surface area contributed by atoms with Crippen LogP contribution in [0.3, 0.4) is 0 Å². The highest BCUT2D eigenvalue weighted by atomic mass is 16.5. The zero-order valence-electron chi connectivity index (χ0n) is 16.7. The number of benzene rings is 2. The summed E-state index contributed by atoms with van der Waals surface area (Å²) in [7, 11) is 2.76. The van der Waals surface area contributed by atoms with Gasteiger partial charge in [-0.2, -0.15) is 0 Å². The number of carbonyl (C=O) groups is 3. The Bertz CT molecular complexity index is 923. The summed E-state index contributed by atoms with van der Waals surface area (Å²) >= 11 is 0. The van der Waals surface area contributed by atoms with Gasteiger partial charge in [-0.15, -0.1) is 0 Å². The fraction of sp³-hybridized carbons (Fsp3) is 0.318. The zero-order valence-corrected chi connectivity index (χ0v) is 16.7. The average Bonchev–Trinajstić information content (AvgIpc) is 3.15. The summed E-state index contributed by atoms with van der Waals surface area (Å²) in [5.41, 5.74) is 2.48. The number of carbonyl (C=O) groups excluding carboxylic acids is 3. The Hall–Kier alpha value is -3.35. The molecule has 0 aliphatic carbocycles. The molecule has 0 radical (unpaired) electrons. The van der Waals surface area contributed by atoms with E-state index in [9.17, 15) is 14.4 Å². The molecular weight excluding hydrogens is 372 g/mol. The Balaban J connectivity index is 1.74. The van der Waals surface area contributed by atoms with Crippen molar-refractivity contribution in [2.45, 2.75) is 19.8 Å². The number of hydrogen-bond acceptors (Lipinski definition) is 5. The number of amides is 2. The monoisotopic (exact) mass is 396 g/mol. The molecule has 1 aliphatic heterocycles. The minimum Gasteiger partial charge on any atom is -0.497 e. The van der Waals surface area contributed by atoms with E-state index in [-0.39, 0.29) is 23.8 Å². The second-order valence-corrected chi connectivity index (χ2v) is 6.82. The van der Waals surface area contributed by atoms with Crippen LogP contribution in [0.2, 0.25) is 0 Å². The van der Waals surface area contributed by atoms with E-state index in [0.29, 0.717) is 18.0 Å². The molecule has 152 valence electrons. The van der Waals surface area contributed by atoms with Crippen LogP contribution in [-0.2, 0) is 20.7 Å². The van der Waals surface area contributed by atoms with Gasteiger partial charge in [0, 0.05) is 18.7 Å². The molecule has 2 amide bonds. The molecule has 0 bridgehead atoms. The molecule has 2 aromatic rings. The topological polar surface area (TPSA) is 84.9 Å². The van der Waals surface area contributed by atoms with Crippen molar-refractivity contribution < 1.29 is 23.9 Å². The van der Waals surface area contributed by atoms with Crippen molar-refractivity contribution in [3.63, 3.8) is 0 Å². The third-order valence-corrected chi connectivity index (χ3v) is 5.04. The quantitative estimate of drug-likeness (QED) is 0.759. The lowest BCUT2D eigenvalue weighted by atomic mass is 10.1. The molecule has 1 fully saturated rings. The molecule has 0 saturated carbocycles. The minimum atomic E-state index is -0.584. The zero-order chi connectivity index (χ0) is 21.0. The van der Waals surface area contributed by atoms with Gasteiger partial charge in [-0.05, 0) is 42.3 Å². The summed E-state index contributed by atoms with van der Waals surface area (Å²) in [6, 6.07) is 12.5. The maximum absolute atomic E-state index is 12.8. The Morgan fingerprint density at radius 3 is 2.48 bits per heavy atom. The normalized spacial score (nSPS) is 15.9. The summed E-state index contributed by atoms with van der Waals surface area (Å²) in [6.07, 6.45) is 1.04. The van der Waals surface area contributed by atoms with Crippen molar-refractivity contribution in [1.29, 1.82) is 0 Å². The third kappa shape index (κ3) is 4.39. The van der Waals surface area contributed by atoms with Gasteiger partial charge in [0.05, 0.1) is 31.4 Å². The van der Waals surface area contributed by atoms with Gasteiger partial charge in [-0.3, -0.25) is 9.59 Å². The standard InChI is InChI=1S/C22H24N2O5/c1-4-14-5-7-16(8-6-14)24-13-15(11-20(24)25)21(26)23-19-10-9-17(28-2)12-18(19)22(27)29-3/h5-10,12,15H,4,11,13H2,1-3H3,(H,23,26). The predicted molar refractivity (Wildman–Crippen MR) is 109 cm³/mol. The van der Waals surface area contributed by atoms with Gasteiger partial charge in [0.15, 0.2) is 0 Å². The van der Waals surface area contributed by atoms with E-state index in [4.69, 9.17) is 9.47 Å². The summed E-state index contributed by atoms with van der Waals surface area (Å²) < 4.78 is 9.92. The first-order valence-corrected chi connectivity index (χ1v) is 9.43. The van der Waals surface area contributed by atoms with Crippen molar-refractivity contribution >= 4 is 29.2 Å². The van der Waals surface area contributed by atoms with E-state index in [1.54, 1.807) is 17.0 Å². The van der Waals surface area contributed by atoms with Crippen LogP contribution in [0.15, 0.2) is 42.5 Å². The Morgan fingerprint density at radius 2 is 1.86 bits per heavy atom. The van der Waals surface area contributed by atoms with Gasteiger partial charge in [-0.25, -0.2) is 4.79 Å². The first kappa shape index (κ1) is 20.4. The molecule has 1 atom stereocenters. The van der Waals surface area contributed by atoms with Gasteiger partial charge in [0.1, 0.15) is 5.75 Å². The molecule has 3 rings (SSSR count). The minimum absolute atomic E-state index is 0.0997. The number of nitrogens with zero attached hydrogens (tertiary/aromatic N) is 1. The summed E-state index contributed by atoms with van der Waals surface area (Å²) in [5.74, 6) is -1.04. The van der Waals surface area contributed by atoms with Crippen LogP contribution in [-0.4, -0.2) is 38.5 Å². The molecule has 29 heavy (non-hydrogen) atoms. The summed E-state index contributed by atoms with van der Waals surface area (Å²) in [6.45, 7) is 2.36. The van der Waals surface area contributed by atoms with E-state index in [0.717, 1.165) is 12.1 Å². The molecule has 7 heteroatoms. The van der Waals surface area contributed by atoms with E-state index in [1.165, 1.54) is 25.8 Å². The molecule has 1 heterocycles. The first-order valence-electron chi connectivity index (χ1n) is 9.43. The number of esters is 1. The average molecular weight is 396 g/mol. The maximum atomic E-state index is 12.8. The van der Waals surface area contributed by atoms with Crippen LogP contribution in [0.4, 0.5) is 11.4 Å². The van der Waals surface area contributed by atoms with Crippen LogP contribution in [0.25, 0.3) is 0 Å². The second kappa shape index (κ2) is 8.77. The molecule has 1 N–H and O–H groups in total. The summed E-state index contributed by atoms with van der Waals surface area (Å²) in [4.78, 5) is 38.9. The lowest BCUT2D eigenvalue weighted by molar-refractivity contribution is -0.122. The summed E-state index contributed by atoms with van der Waals surface area (Å²) in [5, 5.41) is 2.76. The van der Waals surface area contributed by atoms with Crippen LogP contribution in [0.1, 0.15) is 29.3 Å². The van der Waals surface area contributed by atoms with Crippen molar-refractivity contribution in [2.24, 2.45) is 5.92 Å².